The molecule has 1 fully saturated rings. The summed E-state index contributed by atoms with van der Waals surface area (Å²) in [7, 11) is 0. The van der Waals surface area contributed by atoms with E-state index >= 15 is 0 Å². The van der Waals surface area contributed by atoms with E-state index in [1.54, 1.807) is 11.3 Å². The molecule has 94 valence electrons. The van der Waals surface area contributed by atoms with E-state index in [-0.39, 0.29) is 11.9 Å². The van der Waals surface area contributed by atoms with Gasteiger partial charge in [0.15, 0.2) is 0 Å². The molecule has 0 radical (unpaired) electrons. The van der Waals surface area contributed by atoms with Crippen LogP contribution in [0.3, 0.4) is 0 Å². The van der Waals surface area contributed by atoms with E-state index in [4.69, 9.17) is 5.73 Å². The van der Waals surface area contributed by atoms with Gasteiger partial charge in [-0.25, -0.2) is 0 Å². The number of hydrogen-bond acceptors (Lipinski definition) is 3. The van der Waals surface area contributed by atoms with Crippen molar-refractivity contribution in [1.82, 2.24) is 5.32 Å². The number of thiophene rings is 1. The maximum absolute atomic E-state index is 12.2. The topological polar surface area (TPSA) is 55.1 Å². The highest BCUT2D eigenvalue weighted by Gasteiger charge is 2.35. The third-order valence-electron chi connectivity index (χ3n) is 3.52. The third kappa shape index (κ3) is 2.87. The Morgan fingerprint density at radius 2 is 2.18 bits per heavy atom. The zero-order valence-corrected chi connectivity index (χ0v) is 11.1. The minimum Gasteiger partial charge on any atom is -0.347 e. The van der Waals surface area contributed by atoms with Crippen LogP contribution in [-0.4, -0.2) is 11.4 Å². The van der Waals surface area contributed by atoms with Crippen LogP contribution in [0.5, 0.6) is 0 Å². The number of nitrogens with one attached hydrogen (secondary N) is 1. The van der Waals surface area contributed by atoms with Crippen molar-refractivity contribution in [3.63, 3.8) is 0 Å². The summed E-state index contributed by atoms with van der Waals surface area (Å²) in [4.78, 5) is 13.4. The number of carbonyl (C=O) groups is 1. The lowest BCUT2D eigenvalue weighted by molar-refractivity contribution is -0.128. The van der Waals surface area contributed by atoms with Gasteiger partial charge in [-0.3, -0.25) is 4.79 Å². The second kappa shape index (κ2) is 5.19. The highest BCUT2D eigenvalue weighted by atomic mass is 32.1. The van der Waals surface area contributed by atoms with Crippen molar-refractivity contribution in [1.29, 1.82) is 0 Å². The molecule has 4 heteroatoms. The predicted octanol–water partition coefficient (Wildman–Crippen LogP) is 2.59. The van der Waals surface area contributed by atoms with E-state index in [0.717, 1.165) is 25.7 Å². The molecule has 3 N–H and O–H groups in total. The first kappa shape index (κ1) is 12.6. The highest BCUT2D eigenvalue weighted by molar-refractivity contribution is 7.10. The van der Waals surface area contributed by atoms with Crippen molar-refractivity contribution in [2.75, 3.05) is 0 Å². The third-order valence-corrected chi connectivity index (χ3v) is 4.57. The molecule has 0 unspecified atom stereocenters. The Morgan fingerprint density at radius 3 is 2.76 bits per heavy atom. The number of nitrogens with two attached hydrogens (primary N) is 1. The van der Waals surface area contributed by atoms with E-state index < -0.39 is 5.54 Å². The predicted molar refractivity (Wildman–Crippen MR) is 70.9 cm³/mol. The molecule has 0 aromatic carbocycles. The summed E-state index contributed by atoms with van der Waals surface area (Å²) in [6, 6.07) is 4.10. The normalized spacial score (nSPS) is 20.8. The first-order chi connectivity index (χ1) is 8.12. The largest absolute Gasteiger partial charge is 0.347 e. The maximum atomic E-state index is 12.2. The minimum absolute atomic E-state index is 0.0121. The zero-order valence-electron chi connectivity index (χ0n) is 10.2. The van der Waals surface area contributed by atoms with Crippen LogP contribution < -0.4 is 11.1 Å². The SMILES string of the molecule is C[C@@H](NC(=O)C1(N)CCCCC1)c1cccs1. The van der Waals surface area contributed by atoms with Gasteiger partial charge >= 0.3 is 0 Å². The number of hydrogen-bond donors (Lipinski definition) is 2. The lowest BCUT2D eigenvalue weighted by atomic mass is 9.82. The first-order valence-corrected chi connectivity index (χ1v) is 7.13. The average molecular weight is 252 g/mol. The summed E-state index contributed by atoms with van der Waals surface area (Å²) in [5.74, 6) is 0.0121. The minimum atomic E-state index is -0.635. The Hall–Kier alpha value is -0.870. The smallest absolute Gasteiger partial charge is 0.240 e. The number of carbonyl (C=O) groups excluding carboxylic acids is 1. The van der Waals surface area contributed by atoms with Gasteiger partial charge in [-0.05, 0) is 31.2 Å². The fourth-order valence-corrected chi connectivity index (χ4v) is 3.09. The summed E-state index contributed by atoms with van der Waals surface area (Å²) in [6.45, 7) is 2.01. The highest BCUT2D eigenvalue weighted by Crippen LogP contribution is 2.27. The van der Waals surface area contributed by atoms with Gasteiger partial charge in [0, 0.05) is 4.88 Å². The Balaban J connectivity index is 1.96. The van der Waals surface area contributed by atoms with Crippen LogP contribution in [0.15, 0.2) is 17.5 Å². The quantitative estimate of drug-likeness (QED) is 0.868. The van der Waals surface area contributed by atoms with Gasteiger partial charge in [-0.15, -0.1) is 11.3 Å². The summed E-state index contributed by atoms with van der Waals surface area (Å²) >= 11 is 1.66. The van der Waals surface area contributed by atoms with Crippen molar-refractivity contribution >= 4 is 17.2 Å². The number of rotatable bonds is 3. The Bertz CT molecular complexity index is 369. The molecule has 3 nitrogen and oxygen atoms in total. The molecule has 1 atom stereocenters. The Labute approximate surface area is 106 Å². The van der Waals surface area contributed by atoms with Gasteiger partial charge in [0.2, 0.25) is 5.91 Å². The number of amides is 1. The molecule has 1 aliphatic carbocycles. The van der Waals surface area contributed by atoms with Crippen LogP contribution in [0, 0.1) is 0 Å². The summed E-state index contributed by atoms with van der Waals surface area (Å²) in [6.07, 6.45) is 4.97. The molecule has 1 aromatic rings. The molecule has 1 heterocycles. The molecular weight excluding hydrogens is 232 g/mol. The molecule has 17 heavy (non-hydrogen) atoms. The summed E-state index contributed by atoms with van der Waals surface area (Å²) in [5.41, 5.74) is 5.56. The van der Waals surface area contributed by atoms with E-state index in [0.29, 0.717) is 0 Å². The molecule has 0 aliphatic heterocycles. The Morgan fingerprint density at radius 1 is 1.47 bits per heavy atom. The first-order valence-electron chi connectivity index (χ1n) is 6.25. The molecule has 0 spiro atoms. The van der Waals surface area contributed by atoms with Gasteiger partial charge in [-0.1, -0.05) is 25.3 Å². The molecule has 1 saturated carbocycles. The molecule has 0 saturated heterocycles. The summed E-state index contributed by atoms with van der Waals surface area (Å²) in [5, 5.41) is 5.06. The summed E-state index contributed by atoms with van der Waals surface area (Å²) < 4.78 is 0. The van der Waals surface area contributed by atoms with Crippen molar-refractivity contribution in [2.45, 2.75) is 50.6 Å². The molecule has 1 aliphatic rings. The van der Waals surface area contributed by atoms with Crippen LogP contribution in [0.1, 0.15) is 49.9 Å². The van der Waals surface area contributed by atoms with Gasteiger partial charge in [-0.2, -0.15) is 0 Å². The van der Waals surface area contributed by atoms with Gasteiger partial charge in [0.05, 0.1) is 11.6 Å². The molecule has 0 bridgehead atoms. The van der Waals surface area contributed by atoms with Crippen molar-refractivity contribution < 1.29 is 4.79 Å². The zero-order chi connectivity index (χ0) is 12.3. The second-order valence-electron chi connectivity index (χ2n) is 4.93. The van der Waals surface area contributed by atoms with Crippen LogP contribution in [-0.2, 0) is 4.79 Å². The van der Waals surface area contributed by atoms with Crippen LogP contribution in [0.25, 0.3) is 0 Å². The van der Waals surface area contributed by atoms with E-state index in [1.807, 2.05) is 24.4 Å². The van der Waals surface area contributed by atoms with Crippen molar-refractivity contribution in [3.8, 4) is 0 Å². The van der Waals surface area contributed by atoms with E-state index in [2.05, 4.69) is 5.32 Å². The van der Waals surface area contributed by atoms with Crippen LogP contribution in [0.2, 0.25) is 0 Å². The Kier molecular flexibility index (Phi) is 3.84. The van der Waals surface area contributed by atoms with Gasteiger partial charge in [0.25, 0.3) is 0 Å². The van der Waals surface area contributed by atoms with E-state index in [1.165, 1.54) is 11.3 Å². The van der Waals surface area contributed by atoms with Crippen molar-refractivity contribution in [2.24, 2.45) is 5.73 Å². The fourth-order valence-electron chi connectivity index (χ4n) is 2.36. The van der Waals surface area contributed by atoms with Crippen molar-refractivity contribution in [3.05, 3.63) is 22.4 Å². The monoisotopic (exact) mass is 252 g/mol. The van der Waals surface area contributed by atoms with Gasteiger partial charge in [0.1, 0.15) is 0 Å². The lowest BCUT2D eigenvalue weighted by Crippen LogP contribution is -2.55. The molecular formula is C13H20N2OS. The lowest BCUT2D eigenvalue weighted by Gasteiger charge is -2.32. The molecule has 2 rings (SSSR count). The standard InChI is InChI=1S/C13H20N2OS/c1-10(11-6-5-9-17-11)15-12(16)13(14)7-3-2-4-8-13/h5-6,9-10H,2-4,7-8,14H2,1H3,(H,15,16)/t10-/m1/s1. The maximum Gasteiger partial charge on any atom is 0.240 e. The van der Waals surface area contributed by atoms with Crippen LogP contribution in [0.4, 0.5) is 0 Å². The molecule has 1 amide bonds. The van der Waals surface area contributed by atoms with Gasteiger partial charge < -0.3 is 11.1 Å². The fraction of sp³-hybridized carbons (Fsp3) is 0.615. The average Bonchev–Trinajstić information content (AvgIpc) is 2.83. The van der Waals surface area contributed by atoms with E-state index in [9.17, 15) is 4.79 Å². The van der Waals surface area contributed by atoms with Crippen LogP contribution >= 0.6 is 11.3 Å². The second-order valence-corrected chi connectivity index (χ2v) is 5.91. The molecule has 1 aromatic heterocycles.